The fourth-order valence-corrected chi connectivity index (χ4v) is 6.03. The molecule has 54 heavy (non-hydrogen) atoms. The summed E-state index contributed by atoms with van der Waals surface area (Å²) >= 11 is 0. The molecule has 1 rings (SSSR count). The van der Waals surface area contributed by atoms with Gasteiger partial charge in [0, 0.05) is 19.4 Å². The van der Waals surface area contributed by atoms with Crippen molar-refractivity contribution in [2.45, 2.75) is 161 Å². The minimum absolute atomic E-state index is 0.0341. The van der Waals surface area contributed by atoms with E-state index in [1.54, 1.807) is 0 Å². The number of ether oxygens (including phenoxy) is 3. The van der Waals surface area contributed by atoms with E-state index < -0.39 is 32.5 Å². The van der Waals surface area contributed by atoms with Crippen molar-refractivity contribution < 1.29 is 42.3 Å². The summed E-state index contributed by atoms with van der Waals surface area (Å²) in [5, 5.41) is 0. The van der Waals surface area contributed by atoms with Gasteiger partial charge < -0.3 is 24.8 Å². The van der Waals surface area contributed by atoms with Crippen LogP contribution in [0, 0.1) is 0 Å². The van der Waals surface area contributed by atoms with Gasteiger partial charge in [0.25, 0.3) is 0 Å². The zero-order valence-electron chi connectivity index (χ0n) is 33.4. The van der Waals surface area contributed by atoms with Gasteiger partial charge in [0.05, 0.1) is 25.4 Å². The summed E-state index contributed by atoms with van der Waals surface area (Å²) in [6.45, 7) is 3.52. The first kappa shape index (κ1) is 49.4. The minimum atomic E-state index is -4.41. The van der Waals surface area contributed by atoms with Crippen molar-refractivity contribution in [3.05, 3.63) is 72.9 Å². The number of allylic oxidation sites excluding steroid dienone is 10. The second-order valence-corrected chi connectivity index (χ2v) is 15.0. The highest BCUT2D eigenvalue weighted by Gasteiger charge is 2.36. The molecule has 0 amide bonds. The number of esters is 2. The second kappa shape index (κ2) is 34.9. The van der Waals surface area contributed by atoms with Crippen molar-refractivity contribution in [1.82, 2.24) is 0 Å². The first-order valence-electron chi connectivity index (χ1n) is 20.5. The molecule has 0 spiro atoms. The van der Waals surface area contributed by atoms with Crippen LogP contribution in [0.5, 0.6) is 0 Å². The lowest BCUT2D eigenvalue weighted by molar-refractivity contribution is -0.161. The smallest absolute Gasteiger partial charge is 0.462 e. The number of phosphoric acid groups is 1. The zero-order chi connectivity index (χ0) is 39.4. The largest absolute Gasteiger partial charge is 0.472 e. The molecule has 0 aromatic heterocycles. The third kappa shape index (κ3) is 31.7. The summed E-state index contributed by atoms with van der Waals surface area (Å²) in [5.41, 5.74) is 5.33. The summed E-state index contributed by atoms with van der Waals surface area (Å²) in [5.74, 6) is -0.954. The maximum absolute atomic E-state index is 12.5. The lowest BCUT2D eigenvalue weighted by Crippen LogP contribution is -2.29. The third-order valence-corrected chi connectivity index (χ3v) is 9.45. The third-order valence-electron chi connectivity index (χ3n) is 8.47. The first-order chi connectivity index (χ1) is 26.3. The average Bonchev–Trinajstić information content (AvgIpc) is 3.91. The van der Waals surface area contributed by atoms with E-state index in [1.165, 1.54) is 38.5 Å². The minimum Gasteiger partial charge on any atom is -0.462 e. The number of hydrogen-bond acceptors (Lipinski definition) is 9. The highest BCUT2D eigenvalue weighted by atomic mass is 31.2. The molecule has 0 radical (unpaired) electrons. The van der Waals surface area contributed by atoms with Gasteiger partial charge in [0.2, 0.25) is 0 Å². The maximum Gasteiger partial charge on any atom is 0.472 e. The molecule has 1 fully saturated rings. The van der Waals surface area contributed by atoms with Crippen LogP contribution in [0.2, 0.25) is 0 Å². The molecule has 1 saturated heterocycles. The highest BCUT2D eigenvalue weighted by molar-refractivity contribution is 7.47. The zero-order valence-corrected chi connectivity index (χ0v) is 34.3. The predicted molar refractivity (Wildman–Crippen MR) is 219 cm³/mol. The average molecular weight is 778 g/mol. The predicted octanol–water partition coefficient (Wildman–Crippen LogP) is 10.5. The van der Waals surface area contributed by atoms with Gasteiger partial charge in [-0.15, -0.1) is 0 Å². The number of nitrogens with two attached hydrogens (primary N) is 1. The molecule has 0 bridgehead atoms. The number of rotatable bonds is 36. The Morgan fingerprint density at radius 3 is 1.70 bits per heavy atom. The van der Waals surface area contributed by atoms with E-state index >= 15 is 0 Å². The van der Waals surface area contributed by atoms with Gasteiger partial charge in [-0.05, 0) is 89.9 Å². The van der Waals surface area contributed by atoms with Gasteiger partial charge in [-0.25, -0.2) is 4.57 Å². The van der Waals surface area contributed by atoms with Crippen molar-refractivity contribution in [2.24, 2.45) is 5.73 Å². The van der Waals surface area contributed by atoms with Gasteiger partial charge in [0.1, 0.15) is 6.61 Å². The molecule has 4 atom stereocenters. The van der Waals surface area contributed by atoms with Crippen LogP contribution >= 0.6 is 7.82 Å². The van der Waals surface area contributed by atoms with Crippen LogP contribution in [-0.4, -0.2) is 61.5 Å². The van der Waals surface area contributed by atoms with E-state index in [0.29, 0.717) is 25.0 Å². The maximum atomic E-state index is 12.5. The summed E-state index contributed by atoms with van der Waals surface area (Å²) < 4.78 is 38.4. The molecule has 0 aromatic carbocycles. The Kier molecular flexibility index (Phi) is 31.9. The number of hydrogen-bond donors (Lipinski definition) is 2. The number of carbonyl (C=O) groups excluding carboxylic acids is 2. The standard InChI is InChI=1S/C43H72NO9P/c1-3-5-7-9-11-12-13-14-15-16-17-18-21-26-30-34-43(46)52-39(38-51-54(47,48)50-36-35-44)37-49-42(45)33-29-25-22-19-20-24-28-32-41-40(53-41)31-27-23-10-8-6-4-2/h11-12,14-15,17-19,22-24,27-28,39-41H,3-10,13,16,20-21,25-26,29-38,44H2,1-2H3,(H,47,48)/b12-11-,15-14-,18-17-,22-19-,27-23-,28-24-/t39-,40?,41?/m1/s1. The first-order valence-corrected chi connectivity index (χ1v) is 22.0. The van der Waals surface area contributed by atoms with Crippen molar-refractivity contribution in [2.75, 3.05) is 26.4 Å². The molecule has 10 nitrogen and oxygen atoms in total. The number of phosphoric ester groups is 1. The molecule has 1 aliphatic heterocycles. The van der Waals surface area contributed by atoms with Crippen molar-refractivity contribution in [3.8, 4) is 0 Å². The fraction of sp³-hybridized carbons (Fsp3) is 0.674. The van der Waals surface area contributed by atoms with Crippen LogP contribution in [0.25, 0.3) is 0 Å². The molecule has 11 heteroatoms. The molecule has 0 saturated carbocycles. The Labute approximate surface area is 326 Å². The fourth-order valence-electron chi connectivity index (χ4n) is 5.26. The molecule has 3 unspecified atom stereocenters. The van der Waals surface area contributed by atoms with E-state index in [-0.39, 0.29) is 32.6 Å². The Morgan fingerprint density at radius 2 is 1.13 bits per heavy atom. The topological polar surface area (TPSA) is 147 Å². The van der Waals surface area contributed by atoms with Crippen LogP contribution in [0.1, 0.15) is 142 Å². The van der Waals surface area contributed by atoms with Crippen LogP contribution in [0.15, 0.2) is 72.9 Å². The SMILES string of the molecule is CCCCC/C=C\C/C=C\C/C=C\CCCCC(=O)O[C@H](COC(=O)CCC/C=C\C/C=C\CC1OC1C/C=C\CCCCC)COP(=O)(O)OCCN. The summed E-state index contributed by atoms with van der Waals surface area (Å²) in [6.07, 6.45) is 44.0. The molecular formula is C43H72NO9P. The summed E-state index contributed by atoms with van der Waals surface area (Å²) in [7, 11) is -4.41. The van der Waals surface area contributed by atoms with Crippen molar-refractivity contribution in [3.63, 3.8) is 0 Å². The Bertz CT molecular complexity index is 1180. The molecular weight excluding hydrogens is 705 g/mol. The van der Waals surface area contributed by atoms with Crippen LogP contribution < -0.4 is 5.73 Å². The van der Waals surface area contributed by atoms with Gasteiger partial charge >= 0.3 is 19.8 Å². The van der Waals surface area contributed by atoms with E-state index in [2.05, 4.69) is 80.7 Å². The quantitative estimate of drug-likeness (QED) is 0.0207. The van der Waals surface area contributed by atoms with E-state index in [0.717, 1.165) is 64.2 Å². The monoisotopic (exact) mass is 777 g/mol. The van der Waals surface area contributed by atoms with Crippen molar-refractivity contribution >= 4 is 19.8 Å². The van der Waals surface area contributed by atoms with Gasteiger partial charge in [-0.3, -0.25) is 18.6 Å². The normalized spacial score (nSPS) is 17.9. The molecule has 3 N–H and O–H groups in total. The van der Waals surface area contributed by atoms with E-state index in [9.17, 15) is 19.0 Å². The Balaban J connectivity index is 2.28. The Morgan fingerprint density at radius 1 is 0.648 bits per heavy atom. The van der Waals surface area contributed by atoms with E-state index in [1.807, 2.05) is 6.08 Å². The number of epoxide rings is 1. The Hall–Kier alpha value is -2.59. The van der Waals surface area contributed by atoms with Crippen molar-refractivity contribution in [1.29, 1.82) is 0 Å². The van der Waals surface area contributed by atoms with Crippen LogP contribution in [0.4, 0.5) is 0 Å². The lowest BCUT2D eigenvalue weighted by atomic mass is 10.1. The van der Waals surface area contributed by atoms with E-state index in [4.69, 9.17) is 29.0 Å². The van der Waals surface area contributed by atoms with Gasteiger partial charge in [0.15, 0.2) is 6.10 Å². The summed E-state index contributed by atoms with van der Waals surface area (Å²) in [4.78, 5) is 34.8. The molecule has 0 aliphatic carbocycles. The van der Waals surface area contributed by atoms with Gasteiger partial charge in [-0.1, -0.05) is 112 Å². The second-order valence-electron chi connectivity index (χ2n) is 13.5. The number of unbranched alkanes of at least 4 members (excludes halogenated alkanes) is 9. The highest BCUT2D eigenvalue weighted by Crippen LogP contribution is 2.43. The number of carbonyl (C=O) groups is 2. The molecule has 308 valence electrons. The summed E-state index contributed by atoms with van der Waals surface area (Å²) in [6, 6.07) is 0. The van der Waals surface area contributed by atoms with Gasteiger partial charge in [-0.2, -0.15) is 0 Å². The molecule has 1 aliphatic rings. The molecule has 0 aromatic rings. The van der Waals surface area contributed by atoms with Crippen LogP contribution in [-0.2, 0) is 37.4 Å². The van der Waals surface area contributed by atoms with Crippen LogP contribution in [0.3, 0.4) is 0 Å². The lowest BCUT2D eigenvalue weighted by Gasteiger charge is -2.19. The molecule has 1 heterocycles.